The molecule has 0 atom stereocenters. The van der Waals surface area contributed by atoms with Crippen LogP contribution in [0.2, 0.25) is 0 Å². The highest BCUT2D eigenvalue weighted by molar-refractivity contribution is 5.60. The number of hydrogen-bond donors (Lipinski definition) is 0. The number of carbonyl (C=O) groups excluding carboxylic acids is 1. The first kappa shape index (κ1) is 11.3. The number of hydrogen-bond acceptors (Lipinski definition) is 3. The Hall–Kier alpha value is -1.77. The summed E-state index contributed by atoms with van der Waals surface area (Å²) in [6.45, 7) is 0. The van der Waals surface area contributed by atoms with Crippen molar-refractivity contribution in [3.05, 3.63) is 29.8 Å². The normalized spacial score (nSPS) is 10.3. The molecule has 0 spiro atoms. The van der Waals surface area contributed by atoms with E-state index < -0.39 is 0 Å². The van der Waals surface area contributed by atoms with Crippen molar-refractivity contribution in [2.45, 2.75) is 6.42 Å². The predicted molar refractivity (Wildman–Crippen MR) is 58.9 cm³/mol. The predicted octanol–water partition coefficient (Wildman–Crippen LogP) is 2.22. The largest absolute Gasteiger partial charge is 0.497 e. The van der Waals surface area contributed by atoms with E-state index in [1.807, 2.05) is 18.2 Å². The van der Waals surface area contributed by atoms with E-state index in [1.165, 1.54) is 0 Å². The summed E-state index contributed by atoms with van der Waals surface area (Å²) < 4.78 is 10.2. The third kappa shape index (κ3) is 3.46. The molecule has 0 saturated heterocycles. The summed E-state index contributed by atoms with van der Waals surface area (Å²) in [5.74, 6) is 1.45. The highest BCUT2D eigenvalue weighted by atomic mass is 16.5. The fraction of sp³-hybridized carbons (Fsp3) is 0.250. The second-order valence-corrected chi connectivity index (χ2v) is 2.90. The van der Waals surface area contributed by atoms with Crippen LogP contribution in [0.3, 0.4) is 0 Å². The molecular weight excluding hydrogens is 192 g/mol. The van der Waals surface area contributed by atoms with Crippen molar-refractivity contribution in [1.29, 1.82) is 0 Å². The maximum absolute atomic E-state index is 10.0. The van der Waals surface area contributed by atoms with E-state index in [4.69, 9.17) is 9.47 Å². The van der Waals surface area contributed by atoms with Crippen molar-refractivity contribution >= 4 is 12.4 Å². The Morgan fingerprint density at radius 2 is 1.80 bits per heavy atom. The Kier molecular flexibility index (Phi) is 4.41. The number of benzene rings is 1. The Morgan fingerprint density at radius 3 is 2.27 bits per heavy atom. The Bertz CT molecular complexity index is 334. The lowest BCUT2D eigenvalue weighted by Gasteiger charge is -2.05. The van der Waals surface area contributed by atoms with E-state index >= 15 is 0 Å². The molecule has 1 aromatic rings. The first-order valence-corrected chi connectivity index (χ1v) is 4.54. The van der Waals surface area contributed by atoms with Gasteiger partial charge in [0.05, 0.1) is 14.2 Å². The van der Waals surface area contributed by atoms with Gasteiger partial charge in [0.15, 0.2) is 0 Å². The van der Waals surface area contributed by atoms with E-state index in [1.54, 1.807) is 32.6 Å². The first-order valence-electron chi connectivity index (χ1n) is 4.54. The van der Waals surface area contributed by atoms with Crippen LogP contribution in [0.25, 0.3) is 6.08 Å². The molecule has 1 radical (unpaired) electrons. The van der Waals surface area contributed by atoms with Crippen LogP contribution in [-0.2, 0) is 4.79 Å². The van der Waals surface area contributed by atoms with Crippen LogP contribution in [0.4, 0.5) is 0 Å². The molecular formula is C12H13O3. The fourth-order valence-electron chi connectivity index (χ4n) is 1.17. The molecule has 15 heavy (non-hydrogen) atoms. The summed E-state index contributed by atoms with van der Waals surface area (Å²) in [6, 6.07) is 5.52. The minimum atomic E-state index is 0.291. The van der Waals surface area contributed by atoms with Crippen LogP contribution in [0.15, 0.2) is 24.3 Å². The van der Waals surface area contributed by atoms with Gasteiger partial charge in [0, 0.05) is 12.5 Å². The Balaban J connectivity index is 2.91. The lowest BCUT2D eigenvalue weighted by Crippen LogP contribution is -1.88. The number of allylic oxidation sites excluding steroid dienone is 1. The molecule has 0 bridgehead atoms. The topological polar surface area (TPSA) is 35.5 Å². The van der Waals surface area contributed by atoms with Crippen molar-refractivity contribution in [2.24, 2.45) is 0 Å². The first-order chi connectivity index (χ1) is 7.30. The quantitative estimate of drug-likeness (QED) is 0.739. The average molecular weight is 205 g/mol. The maximum atomic E-state index is 10.0. The van der Waals surface area contributed by atoms with Gasteiger partial charge in [0.1, 0.15) is 11.5 Å². The van der Waals surface area contributed by atoms with Gasteiger partial charge >= 0.3 is 0 Å². The van der Waals surface area contributed by atoms with E-state index in [-0.39, 0.29) is 0 Å². The zero-order valence-electron chi connectivity index (χ0n) is 8.82. The number of rotatable bonds is 5. The molecule has 0 saturated carbocycles. The van der Waals surface area contributed by atoms with Crippen LogP contribution in [-0.4, -0.2) is 20.5 Å². The van der Waals surface area contributed by atoms with Crippen LogP contribution >= 0.6 is 0 Å². The maximum Gasteiger partial charge on any atom is 0.202 e. The Labute approximate surface area is 89.3 Å². The minimum Gasteiger partial charge on any atom is -0.497 e. The van der Waals surface area contributed by atoms with E-state index in [9.17, 15) is 4.79 Å². The minimum absolute atomic E-state index is 0.291. The second-order valence-electron chi connectivity index (χ2n) is 2.90. The lowest BCUT2D eigenvalue weighted by molar-refractivity contribution is 0.394. The van der Waals surface area contributed by atoms with Gasteiger partial charge in [-0.25, -0.2) is 0 Å². The molecule has 79 valence electrons. The zero-order chi connectivity index (χ0) is 11.1. The molecule has 0 heterocycles. The van der Waals surface area contributed by atoms with Crippen molar-refractivity contribution in [3.63, 3.8) is 0 Å². The highest BCUT2D eigenvalue weighted by Crippen LogP contribution is 2.23. The summed E-state index contributed by atoms with van der Waals surface area (Å²) in [5.41, 5.74) is 0.932. The lowest BCUT2D eigenvalue weighted by atomic mass is 10.2. The number of ether oxygens (including phenoxy) is 2. The summed E-state index contributed by atoms with van der Waals surface area (Å²) >= 11 is 0. The molecule has 3 nitrogen and oxygen atoms in total. The van der Waals surface area contributed by atoms with Crippen molar-refractivity contribution in [3.8, 4) is 11.5 Å². The molecule has 1 aromatic carbocycles. The van der Waals surface area contributed by atoms with Gasteiger partial charge in [0.2, 0.25) is 6.29 Å². The molecule has 0 unspecified atom stereocenters. The van der Waals surface area contributed by atoms with Crippen LogP contribution in [0.1, 0.15) is 12.0 Å². The molecule has 0 aliphatic carbocycles. The third-order valence-corrected chi connectivity index (χ3v) is 1.89. The van der Waals surface area contributed by atoms with Gasteiger partial charge in [0.25, 0.3) is 0 Å². The van der Waals surface area contributed by atoms with Gasteiger partial charge in [-0.1, -0.05) is 12.2 Å². The fourth-order valence-corrected chi connectivity index (χ4v) is 1.17. The molecule has 0 N–H and O–H groups in total. The van der Waals surface area contributed by atoms with Gasteiger partial charge in [-0.3, -0.25) is 4.79 Å². The molecule has 0 aliphatic heterocycles. The standard InChI is InChI=1S/C12H13O3/c1-14-11-7-10(5-3-4-6-13)8-12(9-11)15-2/h3,5,7-9H,4H2,1-2H3/b5-3+. The smallest absolute Gasteiger partial charge is 0.202 e. The van der Waals surface area contributed by atoms with Gasteiger partial charge in [-0.15, -0.1) is 0 Å². The van der Waals surface area contributed by atoms with E-state index in [2.05, 4.69) is 0 Å². The van der Waals surface area contributed by atoms with E-state index in [0.29, 0.717) is 6.42 Å². The molecule has 0 aromatic heterocycles. The highest BCUT2D eigenvalue weighted by Gasteiger charge is 1.98. The summed E-state index contributed by atoms with van der Waals surface area (Å²) in [5, 5.41) is 0. The summed E-state index contributed by atoms with van der Waals surface area (Å²) in [4.78, 5) is 10.0. The van der Waals surface area contributed by atoms with Gasteiger partial charge in [-0.05, 0) is 17.7 Å². The van der Waals surface area contributed by atoms with Crippen molar-refractivity contribution in [1.82, 2.24) is 0 Å². The average Bonchev–Trinajstić information content (AvgIpc) is 2.29. The molecule has 0 amide bonds. The molecule has 0 aliphatic rings. The third-order valence-electron chi connectivity index (χ3n) is 1.89. The Morgan fingerprint density at radius 1 is 1.20 bits per heavy atom. The summed E-state index contributed by atoms with van der Waals surface area (Å²) in [6.07, 6.45) is 5.65. The van der Waals surface area contributed by atoms with Gasteiger partial charge < -0.3 is 9.47 Å². The van der Waals surface area contributed by atoms with E-state index in [0.717, 1.165) is 17.1 Å². The number of methoxy groups -OCH3 is 2. The van der Waals surface area contributed by atoms with Crippen molar-refractivity contribution in [2.75, 3.05) is 14.2 Å². The van der Waals surface area contributed by atoms with Crippen molar-refractivity contribution < 1.29 is 14.3 Å². The molecule has 0 fully saturated rings. The monoisotopic (exact) mass is 205 g/mol. The SMILES string of the molecule is COc1cc(/C=C/C[C]=O)cc(OC)c1. The summed E-state index contributed by atoms with van der Waals surface area (Å²) in [7, 11) is 3.20. The molecule has 1 rings (SSSR count). The second kappa shape index (κ2) is 5.86. The van der Waals surface area contributed by atoms with Crippen LogP contribution < -0.4 is 9.47 Å². The zero-order valence-corrected chi connectivity index (χ0v) is 8.82. The van der Waals surface area contributed by atoms with Crippen LogP contribution in [0.5, 0.6) is 11.5 Å². The van der Waals surface area contributed by atoms with Gasteiger partial charge in [-0.2, -0.15) is 0 Å². The molecule has 3 heteroatoms. The van der Waals surface area contributed by atoms with Crippen LogP contribution in [0, 0.1) is 0 Å².